The molecule has 1 saturated heterocycles. The predicted molar refractivity (Wildman–Crippen MR) is 105 cm³/mol. The van der Waals surface area contributed by atoms with E-state index in [2.05, 4.69) is 0 Å². The molecule has 10 nitrogen and oxygen atoms in total. The van der Waals surface area contributed by atoms with Crippen LogP contribution in [0.3, 0.4) is 0 Å². The molecule has 1 aliphatic rings. The fourth-order valence-electron chi connectivity index (χ4n) is 3.13. The number of methoxy groups -OCH3 is 1. The Morgan fingerprint density at radius 1 is 0.966 bits per heavy atom. The molecule has 1 amide bonds. The Kier molecular flexibility index (Phi) is 5.62. The number of benzene rings is 1. The van der Waals surface area contributed by atoms with Crippen LogP contribution in [0.25, 0.3) is 0 Å². The molecule has 2 heterocycles. The number of piperazine rings is 1. The van der Waals surface area contributed by atoms with Crippen molar-refractivity contribution in [3.05, 3.63) is 56.9 Å². The fourth-order valence-corrected chi connectivity index (χ4v) is 4.55. The highest BCUT2D eigenvalue weighted by Gasteiger charge is 2.31. The maximum Gasteiger partial charge on any atom is 0.331 e. The third-order valence-electron chi connectivity index (χ3n) is 4.97. The normalized spacial score (nSPS) is 15.3. The largest absolute Gasteiger partial charge is 0.497 e. The first-order chi connectivity index (χ1) is 13.7. The van der Waals surface area contributed by atoms with Gasteiger partial charge in [0.05, 0.1) is 12.0 Å². The van der Waals surface area contributed by atoms with Gasteiger partial charge in [0.2, 0.25) is 10.0 Å². The van der Waals surface area contributed by atoms with Gasteiger partial charge in [0.25, 0.3) is 11.5 Å². The Balaban J connectivity index is 1.76. The van der Waals surface area contributed by atoms with Crippen molar-refractivity contribution in [1.29, 1.82) is 0 Å². The van der Waals surface area contributed by atoms with Gasteiger partial charge in [-0.3, -0.25) is 18.7 Å². The van der Waals surface area contributed by atoms with E-state index in [1.54, 1.807) is 12.1 Å². The molecule has 0 spiro atoms. The molecule has 29 heavy (non-hydrogen) atoms. The molecule has 2 aromatic rings. The second kappa shape index (κ2) is 7.84. The van der Waals surface area contributed by atoms with Crippen LogP contribution in [0.4, 0.5) is 0 Å². The van der Waals surface area contributed by atoms with Crippen molar-refractivity contribution in [2.24, 2.45) is 14.1 Å². The Bertz CT molecular complexity index is 1140. The molecule has 0 bridgehead atoms. The minimum absolute atomic E-state index is 0.0236. The standard InChI is InChI=1S/C18H22N4O6S/c1-19-15(12-16(23)20(2)18(19)25)17(24)21-8-10-22(11-9-21)29(26,27)14-6-4-13(28-3)5-7-14/h4-7,12H,8-11H2,1-3H3. The highest BCUT2D eigenvalue weighted by molar-refractivity contribution is 7.89. The predicted octanol–water partition coefficient (Wildman–Crippen LogP) is -0.761. The molecular formula is C18H22N4O6S. The Morgan fingerprint density at radius 3 is 2.10 bits per heavy atom. The van der Waals surface area contributed by atoms with E-state index >= 15 is 0 Å². The molecule has 0 aliphatic carbocycles. The number of sulfonamides is 1. The topological polar surface area (TPSA) is 111 Å². The van der Waals surface area contributed by atoms with E-state index in [0.717, 1.165) is 15.2 Å². The molecule has 1 aromatic heterocycles. The smallest absolute Gasteiger partial charge is 0.331 e. The van der Waals surface area contributed by atoms with Gasteiger partial charge in [-0.2, -0.15) is 4.31 Å². The van der Waals surface area contributed by atoms with Crippen LogP contribution in [-0.2, 0) is 24.1 Å². The minimum Gasteiger partial charge on any atom is -0.497 e. The molecule has 0 unspecified atom stereocenters. The number of amides is 1. The lowest BCUT2D eigenvalue weighted by Crippen LogP contribution is -2.51. The third kappa shape index (κ3) is 3.83. The lowest BCUT2D eigenvalue weighted by Gasteiger charge is -2.34. The molecule has 0 radical (unpaired) electrons. The van der Waals surface area contributed by atoms with Crippen LogP contribution in [0, 0.1) is 0 Å². The van der Waals surface area contributed by atoms with Crippen molar-refractivity contribution in [1.82, 2.24) is 18.3 Å². The van der Waals surface area contributed by atoms with E-state index in [1.807, 2.05) is 0 Å². The van der Waals surface area contributed by atoms with Crippen LogP contribution in [0.1, 0.15) is 10.5 Å². The van der Waals surface area contributed by atoms with Crippen LogP contribution in [0.5, 0.6) is 5.75 Å². The first kappa shape index (κ1) is 20.8. The van der Waals surface area contributed by atoms with E-state index in [9.17, 15) is 22.8 Å². The number of nitrogens with zero attached hydrogens (tertiary/aromatic N) is 4. The van der Waals surface area contributed by atoms with Gasteiger partial charge in [-0.1, -0.05) is 0 Å². The molecule has 0 atom stereocenters. The monoisotopic (exact) mass is 422 g/mol. The lowest BCUT2D eigenvalue weighted by molar-refractivity contribution is 0.0686. The van der Waals surface area contributed by atoms with Crippen LogP contribution in [0.15, 0.2) is 44.8 Å². The molecule has 11 heteroatoms. The summed E-state index contributed by atoms with van der Waals surface area (Å²) in [6.07, 6.45) is 0. The van der Waals surface area contributed by atoms with Gasteiger partial charge >= 0.3 is 5.69 Å². The summed E-state index contributed by atoms with van der Waals surface area (Å²) in [6.45, 7) is 0.521. The van der Waals surface area contributed by atoms with Crippen molar-refractivity contribution in [2.45, 2.75) is 4.90 Å². The first-order valence-electron chi connectivity index (χ1n) is 8.87. The molecule has 0 N–H and O–H groups in total. The molecule has 1 fully saturated rings. The fraction of sp³-hybridized carbons (Fsp3) is 0.389. The molecule has 0 saturated carbocycles. The number of hydrogen-bond acceptors (Lipinski definition) is 6. The van der Waals surface area contributed by atoms with Gasteiger partial charge in [0, 0.05) is 46.3 Å². The Morgan fingerprint density at radius 2 is 1.55 bits per heavy atom. The summed E-state index contributed by atoms with van der Waals surface area (Å²) in [5.41, 5.74) is -1.19. The molecule has 3 rings (SSSR count). The SMILES string of the molecule is COc1ccc(S(=O)(=O)N2CCN(C(=O)c3cc(=O)n(C)c(=O)n3C)CC2)cc1. The van der Waals surface area contributed by atoms with Gasteiger partial charge in [-0.05, 0) is 24.3 Å². The number of rotatable bonds is 4. The van der Waals surface area contributed by atoms with Crippen molar-refractivity contribution >= 4 is 15.9 Å². The van der Waals surface area contributed by atoms with Crippen LogP contribution < -0.4 is 16.0 Å². The number of hydrogen-bond donors (Lipinski definition) is 0. The summed E-state index contributed by atoms with van der Waals surface area (Å²) in [4.78, 5) is 38.3. The zero-order chi connectivity index (χ0) is 21.3. The van der Waals surface area contributed by atoms with E-state index < -0.39 is 27.2 Å². The van der Waals surface area contributed by atoms with Gasteiger partial charge in [0.15, 0.2) is 0 Å². The zero-order valence-electron chi connectivity index (χ0n) is 16.4. The van der Waals surface area contributed by atoms with Crippen LogP contribution in [0.2, 0.25) is 0 Å². The molecule has 1 aromatic carbocycles. The van der Waals surface area contributed by atoms with Crippen molar-refractivity contribution in [3.63, 3.8) is 0 Å². The minimum atomic E-state index is -3.70. The third-order valence-corrected chi connectivity index (χ3v) is 6.88. The van der Waals surface area contributed by atoms with Crippen molar-refractivity contribution < 1.29 is 17.9 Å². The maximum atomic E-state index is 12.8. The summed E-state index contributed by atoms with van der Waals surface area (Å²) >= 11 is 0. The summed E-state index contributed by atoms with van der Waals surface area (Å²) < 4.78 is 34.0. The van der Waals surface area contributed by atoms with Gasteiger partial charge in [0.1, 0.15) is 11.4 Å². The average Bonchev–Trinajstić information content (AvgIpc) is 2.74. The summed E-state index contributed by atoms with van der Waals surface area (Å²) in [6, 6.07) is 7.21. The van der Waals surface area contributed by atoms with Crippen molar-refractivity contribution in [2.75, 3.05) is 33.3 Å². The summed E-state index contributed by atoms with van der Waals surface area (Å²) in [5, 5.41) is 0. The highest BCUT2D eigenvalue weighted by atomic mass is 32.2. The van der Waals surface area contributed by atoms with E-state index in [4.69, 9.17) is 4.74 Å². The van der Waals surface area contributed by atoms with E-state index in [0.29, 0.717) is 5.75 Å². The van der Waals surface area contributed by atoms with Gasteiger partial charge < -0.3 is 9.64 Å². The highest BCUT2D eigenvalue weighted by Crippen LogP contribution is 2.21. The van der Waals surface area contributed by atoms with Gasteiger partial charge in [-0.15, -0.1) is 0 Å². The Hall–Kier alpha value is -2.92. The maximum absolute atomic E-state index is 12.8. The average molecular weight is 422 g/mol. The Labute approximate surface area is 167 Å². The number of aromatic nitrogens is 2. The van der Waals surface area contributed by atoms with E-state index in [1.165, 1.54) is 42.5 Å². The number of ether oxygens (including phenoxy) is 1. The second-order valence-corrected chi connectivity index (χ2v) is 8.58. The number of carbonyl (C=O) groups is 1. The lowest BCUT2D eigenvalue weighted by atomic mass is 10.3. The molecular weight excluding hydrogens is 400 g/mol. The van der Waals surface area contributed by atoms with Crippen LogP contribution >= 0.6 is 0 Å². The summed E-state index contributed by atoms with van der Waals surface area (Å²) in [7, 11) is 0.552. The van der Waals surface area contributed by atoms with E-state index in [-0.39, 0.29) is 36.8 Å². The molecule has 1 aliphatic heterocycles. The summed E-state index contributed by atoms with van der Waals surface area (Å²) in [5.74, 6) is 0.0720. The van der Waals surface area contributed by atoms with Gasteiger partial charge in [-0.25, -0.2) is 13.2 Å². The first-order valence-corrected chi connectivity index (χ1v) is 10.3. The quantitative estimate of drug-likeness (QED) is 0.640. The number of carbonyl (C=O) groups excluding carboxylic acids is 1. The van der Waals surface area contributed by atoms with Crippen molar-refractivity contribution in [3.8, 4) is 5.75 Å². The van der Waals surface area contributed by atoms with Crippen LogP contribution in [-0.4, -0.2) is 66.0 Å². The molecule has 156 valence electrons. The zero-order valence-corrected chi connectivity index (χ0v) is 17.2. The second-order valence-electron chi connectivity index (χ2n) is 6.64.